The van der Waals surface area contributed by atoms with Crippen LogP contribution in [-0.4, -0.2) is 19.9 Å². The van der Waals surface area contributed by atoms with Crippen LogP contribution in [0, 0.1) is 3.57 Å². The Bertz CT molecular complexity index is 441. The standard InChI is InChI=1S/C9H8IN3O/c10-7-3-1-2-4-8(7)13-6-11-12-9(13)5-14/h1-4,6,14H,5H2. The van der Waals surface area contributed by atoms with Crippen LogP contribution in [0.1, 0.15) is 5.82 Å². The third-order valence-corrected chi connectivity index (χ3v) is 2.78. The number of nitrogens with zero attached hydrogens (tertiary/aromatic N) is 3. The first kappa shape index (κ1) is 9.60. The maximum absolute atomic E-state index is 9.03. The molecule has 0 amide bonds. The minimum absolute atomic E-state index is 0.106. The Morgan fingerprint density at radius 3 is 2.86 bits per heavy atom. The van der Waals surface area contributed by atoms with Crippen LogP contribution in [0.25, 0.3) is 5.69 Å². The zero-order chi connectivity index (χ0) is 9.97. The molecule has 1 aromatic heterocycles. The highest BCUT2D eigenvalue weighted by Gasteiger charge is 2.06. The first-order valence-electron chi connectivity index (χ1n) is 4.07. The fourth-order valence-electron chi connectivity index (χ4n) is 1.22. The molecule has 0 saturated heterocycles. The van der Waals surface area contributed by atoms with Gasteiger partial charge >= 0.3 is 0 Å². The zero-order valence-electron chi connectivity index (χ0n) is 7.26. The van der Waals surface area contributed by atoms with Gasteiger partial charge in [-0.2, -0.15) is 0 Å². The summed E-state index contributed by atoms with van der Waals surface area (Å²) in [4.78, 5) is 0. The van der Waals surface area contributed by atoms with Gasteiger partial charge < -0.3 is 5.11 Å². The number of aliphatic hydroxyl groups is 1. The van der Waals surface area contributed by atoms with Crippen molar-refractivity contribution in [1.29, 1.82) is 0 Å². The quantitative estimate of drug-likeness (QED) is 0.852. The van der Waals surface area contributed by atoms with Crippen molar-refractivity contribution in [3.63, 3.8) is 0 Å². The van der Waals surface area contributed by atoms with Crippen LogP contribution in [0.2, 0.25) is 0 Å². The molecule has 0 radical (unpaired) electrons. The Morgan fingerprint density at radius 1 is 1.36 bits per heavy atom. The SMILES string of the molecule is OCc1nncn1-c1ccccc1I. The van der Waals surface area contributed by atoms with Crippen molar-refractivity contribution in [1.82, 2.24) is 14.8 Å². The minimum Gasteiger partial charge on any atom is -0.388 e. The van der Waals surface area contributed by atoms with E-state index in [-0.39, 0.29) is 6.61 Å². The van der Waals surface area contributed by atoms with Gasteiger partial charge in [0.2, 0.25) is 0 Å². The Kier molecular flexibility index (Phi) is 2.78. The van der Waals surface area contributed by atoms with Gasteiger partial charge in [0, 0.05) is 3.57 Å². The average molecular weight is 301 g/mol. The second kappa shape index (κ2) is 4.05. The van der Waals surface area contributed by atoms with Crippen molar-refractivity contribution >= 4 is 22.6 Å². The highest BCUT2D eigenvalue weighted by atomic mass is 127. The number of rotatable bonds is 2. The number of hydrogen-bond acceptors (Lipinski definition) is 3. The number of halogens is 1. The summed E-state index contributed by atoms with van der Waals surface area (Å²) in [5, 5.41) is 16.6. The number of aromatic nitrogens is 3. The Labute approximate surface area is 94.7 Å². The Hall–Kier alpha value is -0.950. The molecule has 0 aliphatic heterocycles. The third kappa shape index (κ3) is 1.64. The smallest absolute Gasteiger partial charge is 0.163 e. The van der Waals surface area contributed by atoms with Gasteiger partial charge in [-0.15, -0.1) is 10.2 Å². The maximum Gasteiger partial charge on any atom is 0.163 e. The van der Waals surface area contributed by atoms with Gasteiger partial charge in [0.05, 0.1) is 5.69 Å². The molecule has 2 aromatic rings. The molecule has 1 aromatic carbocycles. The lowest BCUT2D eigenvalue weighted by Gasteiger charge is -2.06. The maximum atomic E-state index is 9.03. The summed E-state index contributed by atoms with van der Waals surface area (Å²) in [6.45, 7) is -0.106. The second-order valence-corrected chi connectivity index (χ2v) is 3.89. The van der Waals surface area contributed by atoms with Crippen molar-refractivity contribution in [2.24, 2.45) is 0 Å². The molecule has 1 N–H and O–H groups in total. The lowest BCUT2D eigenvalue weighted by atomic mass is 10.3. The molecule has 0 aliphatic carbocycles. The van der Waals surface area contributed by atoms with E-state index in [1.54, 1.807) is 10.9 Å². The lowest BCUT2D eigenvalue weighted by Crippen LogP contribution is -2.01. The topological polar surface area (TPSA) is 50.9 Å². The summed E-state index contributed by atoms with van der Waals surface area (Å²) in [7, 11) is 0. The molecule has 72 valence electrons. The van der Waals surface area contributed by atoms with Gasteiger partial charge in [0.1, 0.15) is 12.9 Å². The van der Waals surface area contributed by atoms with E-state index >= 15 is 0 Å². The zero-order valence-corrected chi connectivity index (χ0v) is 9.42. The molecule has 2 rings (SSSR count). The largest absolute Gasteiger partial charge is 0.388 e. The third-order valence-electron chi connectivity index (χ3n) is 1.87. The van der Waals surface area contributed by atoms with Crippen molar-refractivity contribution in [2.75, 3.05) is 0 Å². The van der Waals surface area contributed by atoms with Crippen molar-refractivity contribution in [3.05, 3.63) is 40.0 Å². The summed E-state index contributed by atoms with van der Waals surface area (Å²) in [5.74, 6) is 0.550. The van der Waals surface area contributed by atoms with Crippen LogP contribution in [-0.2, 0) is 6.61 Å². The molecular weight excluding hydrogens is 293 g/mol. The van der Waals surface area contributed by atoms with Gasteiger partial charge in [-0.05, 0) is 34.7 Å². The molecule has 0 atom stereocenters. The van der Waals surface area contributed by atoms with Gasteiger partial charge in [-0.25, -0.2) is 0 Å². The van der Waals surface area contributed by atoms with Gasteiger partial charge in [0.25, 0.3) is 0 Å². The molecule has 4 nitrogen and oxygen atoms in total. The molecule has 0 spiro atoms. The first-order valence-corrected chi connectivity index (χ1v) is 5.15. The fraction of sp³-hybridized carbons (Fsp3) is 0.111. The van der Waals surface area contributed by atoms with E-state index in [0.717, 1.165) is 9.26 Å². The Morgan fingerprint density at radius 2 is 2.14 bits per heavy atom. The lowest BCUT2D eigenvalue weighted by molar-refractivity contribution is 0.269. The molecule has 14 heavy (non-hydrogen) atoms. The number of aliphatic hydroxyl groups excluding tert-OH is 1. The number of para-hydroxylation sites is 1. The van der Waals surface area contributed by atoms with Crippen LogP contribution in [0.5, 0.6) is 0 Å². The predicted molar refractivity (Wildman–Crippen MR) is 60.0 cm³/mol. The molecule has 0 bridgehead atoms. The van der Waals surface area contributed by atoms with E-state index in [9.17, 15) is 0 Å². The summed E-state index contributed by atoms with van der Waals surface area (Å²) in [6, 6.07) is 7.87. The summed E-state index contributed by atoms with van der Waals surface area (Å²) < 4.78 is 2.88. The van der Waals surface area contributed by atoms with Gasteiger partial charge in [0.15, 0.2) is 5.82 Å². The molecule has 1 heterocycles. The molecule has 5 heteroatoms. The number of hydrogen-bond donors (Lipinski definition) is 1. The predicted octanol–water partition coefficient (Wildman–Crippen LogP) is 1.36. The molecular formula is C9H8IN3O. The fourth-order valence-corrected chi connectivity index (χ4v) is 1.86. The van der Waals surface area contributed by atoms with Crippen LogP contribution >= 0.6 is 22.6 Å². The van der Waals surface area contributed by atoms with Crippen LogP contribution < -0.4 is 0 Å². The van der Waals surface area contributed by atoms with Gasteiger partial charge in [-0.1, -0.05) is 12.1 Å². The van der Waals surface area contributed by atoms with E-state index in [1.165, 1.54) is 0 Å². The normalized spacial score (nSPS) is 10.4. The summed E-state index contributed by atoms with van der Waals surface area (Å²) in [5.41, 5.74) is 0.988. The molecule has 0 fully saturated rings. The molecule has 0 saturated carbocycles. The summed E-state index contributed by atoms with van der Waals surface area (Å²) >= 11 is 2.24. The van der Waals surface area contributed by atoms with Crippen molar-refractivity contribution < 1.29 is 5.11 Å². The van der Waals surface area contributed by atoms with E-state index in [4.69, 9.17) is 5.11 Å². The van der Waals surface area contributed by atoms with E-state index in [2.05, 4.69) is 32.8 Å². The molecule has 0 unspecified atom stereocenters. The minimum atomic E-state index is -0.106. The van der Waals surface area contributed by atoms with Gasteiger partial charge in [-0.3, -0.25) is 4.57 Å². The second-order valence-electron chi connectivity index (χ2n) is 2.73. The highest BCUT2D eigenvalue weighted by molar-refractivity contribution is 14.1. The van der Waals surface area contributed by atoms with Crippen molar-refractivity contribution in [3.8, 4) is 5.69 Å². The van der Waals surface area contributed by atoms with E-state index < -0.39 is 0 Å². The first-order chi connectivity index (χ1) is 6.83. The van der Waals surface area contributed by atoms with E-state index in [0.29, 0.717) is 5.82 Å². The van der Waals surface area contributed by atoms with Crippen molar-refractivity contribution in [2.45, 2.75) is 6.61 Å². The summed E-state index contributed by atoms with van der Waals surface area (Å²) in [6.07, 6.45) is 1.60. The number of benzene rings is 1. The van der Waals surface area contributed by atoms with Crippen LogP contribution in [0.3, 0.4) is 0 Å². The Balaban J connectivity index is 2.54. The average Bonchev–Trinajstić information content (AvgIpc) is 2.66. The van der Waals surface area contributed by atoms with Crippen LogP contribution in [0.4, 0.5) is 0 Å². The molecule has 0 aliphatic rings. The van der Waals surface area contributed by atoms with Crippen LogP contribution in [0.15, 0.2) is 30.6 Å². The monoisotopic (exact) mass is 301 g/mol. The van der Waals surface area contributed by atoms with E-state index in [1.807, 2.05) is 24.3 Å². The highest BCUT2D eigenvalue weighted by Crippen LogP contribution is 2.17.